The fraction of sp³-hybridized carbons (Fsp3) is 0.429. The minimum absolute atomic E-state index is 0.00238. The highest BCUT2D eigenvalue weighted by atomic mass is 19.1. The summed E-state index contributed by atoms with van der Waals surface area (Å²) in [6.45, 7) is 1.71. The minimum atomic E-state index is -2.57. The normalized spacial score (nSPS) is 14.8. The van der Waals surface area contributed by atoms with E-state index in [0.29, 0.717) is 12.0 Å². The summed E-state index contributed by atoms with van der Waals surface area (Å²) in [6.07, 6.45) is -3.08. The zero-order chi connectivity index (χ0) is 15.9. The fourth-order valence-corrected chi connectivity index (χ4v) is 1.66. The van der Waals surface area contributed by atoms with Crippen LogP contribution in [0.2, 0.25) is 0 Å². The van der Waals surface area contributed by atoms with Gasteiger partial charge in [-0.3, -0.25) is 5.32 Å². The molecule has 116 valence electrons. The molecule has 1 aromatic carbocycles. The molecule has 1 aromatic rings. The van der Waals surface area contributed by atoms with Gasteiger partial charge in [-0.15, -0.1) is 0 Å². The van der Waals surface area contributed by atoms with Crippen molar-refractivity contribution < 1.29 is 28.9 Å². The third kappa shape index (κ3) is 5.39. The van der Waals surface area contributed by atoms with Gasteiger partial charge in [-0.05, 0) is 12.0 Å². The number of benzene rings is 1. The van der Waals surface area contributed by atoms with E-state index in [4.69, 9.17) is 5.11 Å². The van der Waals surface area contributed by atoms with Gasteiger partial charge in [-0.25, -0.2) is 14.0 Å². The monoisotopic (exact) mass is 299 g/mol. The van der Waals surface area contributed by atoms with Crippen molar-refractivity contribution in [3.8, 4) is 0 Å². The van der Waals surface area contributed by atoms with Crippen LogP contribution in [0.4, 0.5) is 9.18 Å². The topological polar surface area (TPSA) is 95.9 Å². The average Bonchev–Trinajstić information content (AvgIpc) is 2.39. The summed E-state index contributed by atoms with van der Waals surface area (Å²) in [5.41, 5.74) is -2.07. The van der Waals surface area contributed by atoms with Gasteiger partial charge in [0, 0.05) is 12.8 Å². The molecule has 7 heteroatoms. The molecule has 3 N–H and O–H groups in total. The summed E-state index contributed by atoms with van der Waals surface area (Å²) in [5.74, 6) is -1.66. The smallest absolute Gasteiger partial charge is 0.412 e. The lowest BCUT2D eigenvalue weighted by atomic mass is 10.0. The molecule has 6 nitrogen and oxygen atoms in total. The largest absolute Gasteiger partial charge is 0.478 e. The van der Waals surface area contributed by atoms with Crippen LogP contribution in [-0.2, 0) is 16.0 Å². The Labute approximate surface area is 121 Å². The zero-order valence-electron chi connectivity index (χ0n) is 11.6. The number of carbonyl (C=O) groups is 2. The Bertz CT molecular complexity index is 482. The Hall–Kier alpha value is -2.15. The number of alkyl carbamates (subject to hydrolysis) is 1. The number of alkyl halides is 1. The van der Waals surface area contributed by atoms with Crippen LogP contribution in [0, 0.1) is 0 Å². The number of rotatable bonds is 7. The number of halogens is 1. The summed E-state index contributed by atoms with van der Waals surface area (Å²) in [4.78, 5) is 22.6. The van der Waals surface area contributed by atoms with E-state index < -0.39 is 24.1 Å². The number of ether oxygens (including phenoxy) is 1. The Balaban J connectivity index is 2.72. The molecule has 0 spiro atoms. The van der Waals surface area contributed by atoms with Crippen LogP contribution < -0.4 is 5.32 Å². The number of carbonyl (C=O) groups excluding carboxylic acids is 1. The lowest BCUT2D eigenvalue weighted by molar-refractivity contribution is -0.162. The van der Waals surface area contributed by atoms with Crippen LogP contribution in [0.25, 0.3) is 0 Å². The van der Waals surface area contributed by atoms with Crippen LogP contribution in [0.5, 0.6) is 0 Å². The first kappa shape index (κ1) is 16.9. The van der Waals surface area contributed by atoms with E-state index in [9.17, 15) is 19.1 Å². The van der Waals surface area contributed by atoms with E-state index in [1.807, 2.05) is 0 Å². The molecule has 0 aliphatic carbocycles. The summed E-state index contributed by atoms with van der Waals surface area (Å²) in [7, 11) is 0. The number of nitrogens with one attached hydrogen (secondary N) is 1. The maximum atomic E-state index is 13.1. The van der Waals surface area contributed by atoms with Crippen LogP contribution in [-0.4, -0.2) is 34.4 Å². The number of carboxylic acids is 1. The molecule has 21 heavy (non-hydrogen) atoms. The second-order valence-corrected chi connectivity index (χ2v) is 4.56. The molecule has 1 rings (SSSR count). The molecular formula is C14H18FNO5. The van der Waals surface area contributed by atoms with Crippen LogP contribution >= 0.6 is 0 Å². The summed E-state index contributed by atoms with van der Waals surface area (Å²) >= 11 is 0. The molecule has 0 aromatic heterocycles. The lowest BCUT2D eigenvalue weighted by Gasteiger charge is -2.24. The zero-order valence-corrected chi connectivity index (χ0v) is 11.6. The van der Waals surface area contributed by atoms with Crippen molar-refractivity contribution in [2.45, 2.75) is 38.3 Å². The van der Waals surface area contributed by atoms with Gasteiger partial charge in [0.05, 0.1) is 0 Å². The van der Waals surface area contributed by atoms with Crippen molar-refractivity contribution in [2.75, 3.05) is 0 Å². The molecule has 0 radical (unpaired) electrons. The van der Waals surface area contributed by atoms with Crippen LogP contribution in [0.1, 0.15) is 25.3 Å². The Kier molecular flexibility index (Phi) is 6.10. The molecular weight excluding hydrogens is 281 g/mol. The predicted molar refractivity (Wildman–Crippen MR) is 72.2 cm³/mol. The highest BCUT2D eigenvalue weighted by Crippen LogP contribution is 2.13. The Morgan fingerprint density at radius 2 is 2.00 bits per heavy atom. The fourth-order valence-electron chi connectivity index (χ4n) is 1.66. The van der Waals surface area contributed by atoms with E-state index in [2.05, 4.69) is 4.74 Å². The van der Waals surface area contributed by atoms with E-state index in [0.717, 1.165) is 0 Å². The predicted octanol–water partition coefficient (Wildman–Crippen LogP) is 1.82. The van der Waals surface area contributed by atoms with Crippen molar-refractivity contribution in [1.29, 1.82) is 0 Å². The number of aliphatic hydroxyl groups is 1. The molecule has 0 aliphatic heterocycles. The molecule has 0 saturated carbocycles. The number of aliphatic carboxylic acids is 1. The average molecular weight is 299 g/mol. The van der Waals surface area contributed by atoms with Gasteiger partial charge in [0.15, 0.2) is 0 Å². The van der Waals surface area contributed by atoms with Crippen molar-refractivity contribution in [3.05, 3.63) is 35.9 Å². The van der Waals surface area contributed by atoms with Gasteiger partial charge in [-0.1, -0.05) is 37.3 Å². The molecule has 2 unspecified atom stereocenters. The molecule has 2 atom stereocenters. The van der Waals surface area contributed by atoms with E-state index in [1.54, 1.807) is 42.6 Å². The van der Waals surface area contributed by atoms with Gasteiger partial charge in [0.2, 0.25) is 12.1 Å². The minimum Gasteiger partial charge on any atom is -0.478 e. The standard InChI is InChI=1S/C14H18FNO5/c1-2-6-11(15)21-13(19)16-14(20,12(17)18)9-10-7-4-3-5-8-10/h3-5,7-8,11,20H,2,6,9H2,1H3,(H,16,19)(H,17,18). The molecule has 0 fully saturated rings. The molecule has 0 saturated heterocycles. The number of amides is 1. The van der Waals surface area contributed by atoms with E-state index in [-0.39, 0.29) is 12.8 Å². The maximum Gasteiger partial charge on any atom is 0.412 e. The Morgan fingerprint density at radius 3 is 2.52 bits per heavy atom. The first-order valence-electron chi connectivity index (χ1n) is 6.50. The van der Waals surface area contributed by atoms with E-state index >= 15 is 0 Å². The third-order valence-electron chi connectivity index (χ3n) is 2.72. The Morgan fingerprint density at radius 1 is 1.38 bits per heavy atom. The maximum absolute atomic E-state index is 13.1. The first-order chi connectivity index (χ1) is 9.87. The van der Waals surface area contributed by atoms with Crippen molar-refractivity contribution in [2.24, 2.45) is 0 Å². The third-order valence-corrected chi connectivity index (χ3v) is 2.72. The highest BCUT2D eigenvalue weighted by molar-refractivity contribution is 5.82. The molecule has 0 heterocycles. The lowest BCUT2D eigenvalue weighted by Crippen LogP contribution is -2.56. The highest BCUT2D eigenvalue weighted by Gasteiger charge is 2.39. The second kappa shape index (κ2) is 7.58. The SMILES string of the molecule is CCCC(F)OC(=O)NC(O)(Cc1ccccc1)C(=O)O. The molecule has 0 bridgehead atoms. The van der Waals surface area contributed by atoms with Gasteiger partial charge < -0.3 is 14.9 Å². The summed E-state index contributed by atoms with van der Waals surface area (Å²) in [5, 5.41) is 20.9. The van der Waals surface area contributed by atoms with Gasteiger partial charge in [0.25, 0.3) is 0 Å². The van der Waals surface area contributed by atoms with Crippen LogP contribution in [0.3, 0.4) is 0 Å². The number of hydrogen-bond donors (Lipinski definition) is 3. The quantitative estimate of drug-likeness (QED) is 0.667. The van der Waals surface area contributed by atoms with Crippen molar-refractivity contribution in [1.82, 2.24) is 5.32 Å². The van der Waals surface area contributed by atoms with Gasteiger partial charge in [-0.2, -0.15) is 0 Å². The van der Waals surface area contributed by atoms with Crippen molar-refractivity contribution >= 4 is 12.1 Å². The van der Waals surface area contributed by atoms with Crippen LogP contribution in [0.15, 0.2) is 30.3 Å². The number of hydrogen-bond acceptors (Lipinski definition) is 4. The molecule has 1 amide bonds. The second-order valence-electron chi connectivity index (χ2n) is 4.56. The van der Waals surface area contributed by atoms with Crippen molar-refractivity contribution in [3.63, 3.8) is 0 Å². The summed E-state index contributed by atoms with van der Waals surface area (Å²) < 4.78 is 17.5. The van der Waals surface area contributed by atoms with E-state index in [1.165, 1.54) is 0 Å². The van der Waals surface area contributed by atoms with Gasteiger partial charge in [0.1, 0.15) is 0 Å². The van der Waals surface area contributed by atoms with Gasteiger partial charge >= 0.3 is 12.1 Å². The summed E-state index contributed by atoms with van der Waals surface area (Å²) in [6, 6.07) is 8.24. The molecule has 0 aliphatic rings. The first-order valence-corrected chi connectivity index (χ1v) is 6.50. The number of carboxylic acid groups (broad SMARTS) is 1.